The normalized spacial score (nSPS) is 21.0. The van der Waals surface area contributed by atoms with Gasteiger partial charge >= 0.3 is 0 Å². The lowest BCUT2D eigenvalue weighted by Crippen LogP contribution is -2.60. The molecule has 27 heteroatoms. The Morgan fingerprint density at radius 2 is 1.34 bits per heavy atom. The van der Waals surface area contributed by atoms with Crippen molar-refractivity contribution in [3.8, 4) is 0 Å². The van der Waals surface area contributed by atoms with E-state index in [-0.39, 0.29) is 124 Å². The topological polar surface area (TPSA) is 429 Å². The molecule has 0 bridgehead atoms. The van der Waals surface area contributed by atoms with Crippen LogP contribution in [0.25, 0.3) is 10.9 Å². The minimum atomic E-state index is -1.50. The summed E-state index contributed by atoms with van der Waals surface area (Å²) in [5.41, 5.74) is 36.1. The Labute approximate surface area is 450 Å². The molecule has 414 valence electrons. The van der Waals surface area contributed by atoms with Gasteiger partial charge in [0, 0.05) is 78.7 Å². The molecule has 4 rings (SSSR count). The Bertz CT molecular complexity index is 2600. The van der Waals surface area contributed by atoms with E-state index < -0.39 is 89.6 Å². The summed E-state index contributed by atoms with van der Waals surface area (Å²) in [6.07, 6.45) is 1.51. The molecule has 1 saturated heterocycles. The third-order valence-electron chi connectivity index (χ3n) is 12.2. The Morgan fingerprint density at radius 3 is 1.97 bits per heavy atom. The lowest BCUT2D eigenvalue weighted by atomic mass is 10.0. The summed E-state index contributed by atoms with van der Waals surface area (Å²) in [5, 5.41) is 22.9. The van der Waals surface area contributed by atoms with Crippen LogP contribution < -0.4 is 76.9 Å². The van der Waals surface area contributed by atoms with Crippen molar-refractivity contribution in [1.82, 2.24) is 47.5 Å². The van der Waals surface area contributed by atoms with Gasteiger partial charge in [0.25, 0.3) is 0 Å². The number of nitrogens with one attached hydrogen (secondary N) is 9. The van der Waals surface area contributed by atoms with E-state index in [1.54, 1.807) is 12.3 Å². The summed E-state index contributed by atoms with van der Waals surface area (Å²) in [4.78, 5) is 123. The van der Waals surface area contributed by atoms with Gasteiger partial charge in [-0.3, -0.25) is 48.3 Å². The third kappa shape index (κ3) is 20.2. The van der Waals surface area contributed by atoms with Crippen molar-refractivity contribution >= 4 is 93.3 Å². The van der Waals surface area contributed by atoms with Crippen molar-refractivity contribution in [3.63, 3.8) is 0 Å². The second kappa shape index (κ2) is 30.7. The summed E-state index contributed by atoms with van der Waals surface area (Å²) >= 11 is 12.8. The molecular weight excluding hydrogens is 1030 g/mol. The number of aromatic nitrogens is 1. The molecule has 1 aromatic heterocycles. The number of fused-ring (bicyclic) bond motifs is 1. The van der Waals surface area contributed by atoms with E-state index >= 15 is 0 Å². The molecule has 21 N–H and O–H groups in total. The first-order valence-electron chi connectivity index (χ1n) is 24.8. The zero-order valence-electron chi connectivity index (χ0n) is 42.4. The summed E-state index contributed by atoms with van der Waals surface area (Å²) < 4.78 is 0. The van der Waals surface area contributed by atoms with Crippen LogP contribution in [0.15, 0.2) is 70.9 Å². The Balaban J connectivity index is 1.79. The fraction of sp³-hybridized carbons (Fsp3) is 0.469. The van der Waals surface area contributed by atoms with Gasteiger partial charge in [0.15, 0.2) is 11.9 Å². The zero-order valence-corrected chi connectivity index (χ0v) is 43.9. The zero-order chi connectivity index (χ0) is 55.9. The molecular formula is C49H71Cl2N17O8. The number of aromatic amines is 1. The molecule has 0 aliphatic carbocycles. The van der Waals surface area contributed by atoms with E-state index in [9.17, 15) is 38.4 Å². The monoisotopic (exact) mass is 1100 g/mol. The highest BCUT2D eigenvalue weighted by Crippen LogP contribution is 2.23. The maximum Gasteiger partial charge on any atom is 0.243 e. The summed E-state index contributed by atoms with van der Waals surface area (Å²) in [7, 11) is 0. The van der Waals surface area contributed by atoms with Gasteiger partial charge in [0.2, 0.25) is 47.3 Å². The van der Waals surface area contributed by atoms with Crippen molar-refractivity contribution < 1.29 is 38.4 Å². The average Bonchev–Trinajstić information content (AvgIpc) is 3.77. The van der Waals surface area contributed by atoms with Crippen LogP contribution in [0.4, 0.5) is 0 Å². The second-order valence-electron chi connectivity index (χ2n) is 18.2. The third-order valence-corrected chi connectivity index (χ3v) is 12.7. The fourth-order valence-electron chi connectivity index (χ4n) is 8.22. The number of hydrogen-bond acceptors (Lipinski definition) is 12. The summed E-state index contributed by atoms with van der Waals surface area (Å²) in [5.74, 6) is -6.35. The second-order valence-corrected chi connectivity index (χ2v) is 19.0. The van der Waals surface area contributed by atoms with Gasteiger partial charge in [-0.05, 0) is 87.2 Å². The first kappa shape index (κ1) is 60.9. The quantitative estimate of drug-likeness (QED) is 0.0384. The molecule has 1 aliphatic rings. The highest BCUT2D eigenvalue weighted by molar-refractivity contribution is 6.35. The smallest absolute Gasteiger partial charge is 0.243 e. The van der Waals surface area contributed by atoms with Gasteiger partial charge in [-0.1, -0.05) is 54.0 Å². The number of halogens is 2. The molecule has 0 unspecified atom stereocenters. The van der Waals surface area contributed by atoms with Gasteiger partial charge in [-0.25, -0.2) is 0 Å². The van der Waals surface area contributed by atoms with E-state index in [0.29, 0.717) is 11.1 Å². The van der Waals surface area contributed by atoms with Crippen LogP contribution >= 0.6 is 23.2 Å². The van der Waals surface area contributed by atoms with Gasteiger partial charge in [-0.2, -0.15) is 0 Å². The summed E-state index contributed by atoms with van der Waals surface area (Å²) in [6, 6.07) is 2.83. The van der Waals surface area contributed by atoms with Crippen LogP contribution in [0, 0.1) is 0 Å². The number of guanidine groups is 2. The maximum absolute atomic E-state index is 14.7. The number of para-hydroxylation sites is 1. The van der Waals surface area contributed by atoms with Gasteiger partial charge < -0.3 is 81.9 Å². The number of rotatable bonds is 18. The van der Waals surface area contributed by atoms with Crippen molar-refractivity contribution in [2.75, 3.05) is 26.2 Å². The standard InChI is InChI=1S/C49H71Cl2N17O8/c1-26(53)33-10-5-19-58-41(70)16-15-37(65-42(71)35(62-27(2)69)11-6-20-59-48(54)55)44(73)66-38(17-18-52)45(74)67-39(22-28-13-14-30(50)24-32(28)51)47(76)64-36(12-7-21-60-49(56)57)43(72)68-40(46(75)63-33)23-29-25-61-34-9-4-3-8-31(29)34/h3-4,8-9,13-14,24-25,33,35-40,61H,1,5-7,10-12,15-23,52-53H2,2H3,(H,58,70)(H,62,69)(H,63,75)(H,64,76)(H,65,71)(H,66,73)(H,67,74)(H,68,72)(H4,54,55,59)(H4,56,57,60)/t33-,35-,36-,37-,38-,39+,40-/m0/s1. The molecule has 76 heavy (non-hydrogen) atoms. The van der Waals surface area contributed by atoms with E-state index in [1.165, 1.54) is 19.1 Å². The lowest BCUT2D eigenvalue weighted by molar-refractivity contribution is -0.135. The number of carbonyl (C=O) groups excluding carboxylic acids is 8. The Morgan fingerprint density at radius 1 is 0.750 bits per heavy atom. The largest absolute Gasteiger partial charge is 0.401 e. The minimum absolute atomic E-state index is 0.0210. The van der Waals surface area contributed by atoms with Gasteiger partial charge in [0.1, 0.15) is 36.3 Å². The van der Waals surface area contributed by atoms with Crippen LogP contribution in [0.3, 0.4) is 0 Å². The molecule has 1 aliphatic heterocycles. The Kier molecular flexibility index (Phi) is 24.6. The summed E-state index contributed by atoms with van der Waals surface area (Å²) in [6.45, 7) is 5.18. The average molecular weight is 1100 g/mol. The van der Waals surface area contributed by atoms with Crippen LogP contribution in [-0.4, -0.2) is 133 Å². The molecule has 25 nitrogen and oxygen atoms in total. The number of nitrogens with zero attached hydrogens (tertiary/aromatic N) is 2. The number of carbonyl (C=O) groups is 8. The minimum Gasteiger partial charge on any atom is -0.401 e. The van der Waals surface area contributed by atoms with Crippen LogP contribution in [0.5, 0.6) is 0 Å². The number of benzene rings is 2. The number of aliphatic imine (C=N–C) groups is 2. The predicted octanol–water partition coefficient (Wildman–Crippen LogP) is -1.71. The molecule has 8 amide bonds. The van der Waals surface area contributed by atoms with E-state index in [2.05, 4.69) is 64.1 Å². The number of nitrogens with two attached hydrogens (primary N) is 6. The van der Waals surface area contributed by atoms with Crippen molar-refractivity contribution in [2.24, 2.45) is 44.4 Å². The van der Waals surface area contributed by atoms with Crippen LogP contribution in [-0.2, 0) is 51.2 Å². The van der Waals surface area contributed by atoms with Crippen LogP contribution in [0.1, 0.15) is 75.8 Å². The Hall–Kier alpha value is -7.64. The SMILES string of the molecule is C=C(N)[C@@H]1CCCNC(=O)CC[C@H](NC(=O)[C@H](CCCN=C(N)N)NC(C)=O)C(=O)N[C@@H](CCN)C(=O)N[C@H](Cc2ccc(Cl)cc2Cl)C(=O)N[C@@H](CCCN=C(N)N)C(=O)N[C@@H](Cc2c[nH]c3ccccc23)C(=O)N1. The molecule has 2 aromatic carbocycles. The molecule has 0 saturated carbocycles. The first-order valence-corrected chi connectivity index (χ1v) is 25.5. The fourth-order valence-corrected chi connectivity index (χ4v) is 8.71. The van der Waals surface area contributed by atoms with Gasteiger partial charge in [0.05, 0.1) is 6.04 Å². The number of hydrogen-bond donors (Lipinski definition) is 15. The number of amides is 8. The maximum atomic E-state index is 14.7. The predicted molar refractivity (Wildman–Crippen MR) is 290 cm³/mol. The van der Waals surface area contributed by atoms with Crippen molar-refractivity contribution in [1.29, 1.82) is 0 Å². The molecule has 2 heterocycles. The number of H-pyrrole nitrogens is 1. The highest BCUT2D eigenvalue weighted by Gasteiger charge is 2.35. The van der Waals surface area contributed by atoms with Crippen molar-refractivity contribution in [2.45, 2.75) is 120 Å². The van der Waals surface area contributed by atoms with E-state index in [0.717, 1.165) is 10.9 Å². The van der Waals surface area contributed by atoms with Crippen molar-refractivity contribution in [3.05, 3.63) is 82.1 Å². The lowest BCUT2D eigenvalue weighted by Gasteiger charge is -2.28. The molecule has 0 radical (unpaired) electrons. The van der Waals surface area contributed by atoms with E-state index in [1.807, 2.05) is 24.3 Å². The highest BCUT2D eigenvalue weighted by atomic mass is 35.5. The van der Waals surface area contributed by atoms with Crippen LogP contribution in [0.2, 0.25) is 10.0 Å². The first-order chi connectivity index (χ1) is 36.1. The van der Waals surface area contributed by atoms with E-state index in [4.69, 9.17) is 57.6 Å². The molecule has 1 fully saturated rings. The molecule has 7 atom stereocenters. The molecule has 0 spiro atoms. The van der Waals surface area contributed by atoms with Gasteiger partial charge in [-0.15, -0.1) is 0 Å². The molecule has 3 aromatic rings.